The van der Waals surface area contributed by atoms with Gasteiger partial charge in [0, 0.05) is 6.42 Å². The van der Waals surface area contributed by atoms with Crippen LogP contribution in [0.15, 0.2) is 34.5 Å². The van der Waals surface area contributed by atoms with E-state index in [0.29, 0.717) is 30.1 Å². The number of carbonyl (C=O) groups excluding carboxylic acids is 2. The molecular formula is C25H29Cl3O5. The molecule has 0 aliphatic heterocycles. The third kappa shape index (κ3) is 4.39. The molecule has 4 aliphatic rings. The zero-order valence-corrected chi connectivity index (χ0v) is 20.9. The lowest BCUT2D eigenvalue weighted by Gasteiger charge is -2.54. The van der Waals surface area contributed by atoms with Gasteiger partial charge in [-0.2, -0.15) is 0 Å². The van der Waals surface area contributed by atoms with E-state index in [2.05, 4.69) is 6.92 Å². The first kappa shape index (κ1) is 23.7. The van der Waals surface area contributed by atoms with Gasteiger partial charge in [0.1, 0.15) is 0 Å². The van der Waals surface area contributed by atoms with E-state index in [1.807, 2.05) is 6.08 Å². The Labute approximate surface area is 209 Å². The van der Waals surface area contributed by atoms with Gasteiger partial charge in [0.2, 0.25) is 5.76 Å². The Bertz CT molecular complexity index is 936. The van der Waals surface area contributed by atoms with E-state index in [0.717, 1.165) is 44.9 Å². The molecule has 7 unspecified atom stereocenters. The summed E-state index contributed by atoms with van der Waals surface area (Å²) >= 11 is 18.5. The third-order valence-electron chi connectivity index (χ3n) is 8.70. The van der Waals surface area contributed by atoms with Crippen molar-refractivity contribution in [3.63, 3.8) is 0 Å². The van der Waals surface area contributed by atoms with Crippen LogP contribution < -0.4 is 0 Å². The maximum Gasteiger partial charge on any atom is 0.376 e. The summed E-state index contributed by atoms with van der Waals surface area (Å²) in [6.07, 6.45) is 9.64. The first-order chi connectivity index (χ1) is 15.7. The van der Waals surface area contributed by atoms with Crippen molar-refractivity contribution in [2.24, 2.45) is 29.1 Å². The van der Waals surface area contributed by atoms with Crippen LogP contribution in [0, 0.1) is 29.1 Å². The van der Waals surface area contributed by atoms with Crippen molar-refractivity contribution < 1.29 is 23.5 Å². The van der Waals surface area contributed by atoms with Crippen LogP contribution in [0.3, 0.4) is 0 Å². The molecule has 8 heteroatoms. The lowest BCUT2D eigenvalue weighted by Crippen LogP contribution is -2.49. The predicted octanol–water partition coefficient (Wildman–Crippen LogP) is 6.66. The van der Waals surface area contributed by atoms with Crippen molar-refractivity contribution in [3.05, 3.63) is 35.8 Å². The zero-order chi connectivity index (χ0) is 23.4. The maximum atomic E-state index is 12.4. The van der Waals surface area contributed by atoms with Gasteiger partial charge >= 0.3 is 5.97 Å². The van der Waals surface area contributed by atoms with Crippen molar-refractivity contribution in [3.8, 4) is 0 Å². The molecule has 1 aromatic rings. The molecule has 180 valence electrons. The molecule has 33 heavy (non-hydrogen) atoms. The number of esters is 1. The summed E-state index contributed by atoms with van der Waals surface area (Å²) in [5.74, 6) is 1.91. The fraction of sp³-hybridized carbons (Fsp3) is 0.680. The lowest BCUT2D eigenvalue weighted by atomic mass is 9.52. The van der Waals surface area contributed by atoms with Crippen molar-refractivity contribution in [2.75, 3.05) is 0 Å². The van der Waals surface area contributed by atoms with E-state index in [-0.39, 0.29) is 23.1 Å². The fourth-order valence-electron chi connectivity index (χ4n) is 7.23. The summed E-state index contributed by atoms with van der Waals surface area (Å²) in [7, 11) is 0. The molecule has 0 radical (unpaired) electrons. The number of halogens is 3. The van der Waals surface area contributed by atoms with Crippen LogP contribution in [0.4, 0.5) is 0 Å². The molecule has 1 heterocycles. The molecule has 0 aromatic carbocycles. The highest BCUT2D eigenvalue weighted by Crippen LogP contribution is 2.62. The molecule has 5 nitrogen and oxygen atoms in total. The molecule has 3 saturated carbocycles. The Morgan fingerprint density at radius 1 is 1.15 bits per heavy atom. The number of ketones is 1. The Morgan fingerprint density at radius 2 is 1.97 bits per heavy atom. The predicted molar refractivity (Wildman–Crippen MR) is 125 cm³/mol. The second kappa shape index (κ2) is 8.89. The van der Waals surface area contributed by atoms with Gasteiger partial charge in [-0.1, -0.05) is 47.3 Å². The number of ether oxygens (including phenoxy) is 2. The minimum absolute atomic E-state index is 0.0332. The minimum atomic E-state index is -1.92. The highest BCUT2D eigenvalue weighted by molar-refractivity contribution is 6.68. The first-order valence-electron chi connectivity index (χ1n) is 11.9. The standard InChI is InChI=1S/C25H29Cl3O5/c1-24-11-10-17-16-7-5-15(29)13-14(16)4-6-18(17)19(24)8-9-21(24)32-23(25(26,27)28)33-22(30)20-3-2-12-31-20/h2-3,12-13,16-19,21,23H,4-11H2,1H3. The van der Waals surface area contributed by atoms with Gasteiger partial charge in [0.25, 0.3) is 10.1 Å². The van der Waals surface area contributed by atoms with Gasteiger partial charge in [-0.05, 0) is 92.2 Å². The molecule has 5 rings (SSSR count). The number of hydrogen-bond acceptors (Lipinski definition) is 5. The van der Waals surface area contributed by atoms with Gasteiger partial charge in [-0.15, -0.1) is 0 Å². The number of carbonyl (C=O) groups is 2. The van der Waals surface area contributed by atoms with Gasteiger partial charge in [-0.25, -0.2) is 4.79 Å². The summed E-state index contributed by atoms with van der Waals surface area (Å²) in [4.78, 5) is 24.4. The molecule has 1 aromatic heterocycles. The van der Waals surface area contributed by atoms with Gasteiger partial charge < -0.3 is 13.9 Å². The van der Waals surface area contributed by atoms with Crippen molar-refractivity contribution in [1.29, 1.82) is 0 Å². The van der Waals surface area contributed by atoms with Crippen molar-refractivity contribution in [2.45, 2.75) is 74.5 Å². The average molecular weight is 516 g/mol. The number of furan rings is 1. The van der Waals surface area contributed by atoms with Crippen LogP contribution in [0.25, 0.3) is 0 Å². The molecule has 0 amide bonds. The number of allylic oxidation sites excluding steroid dienone is 1. The van der Waals surface area contributed by atoms with E-state index in [9.17, 15) is 9.59 Å². The molecule has 0 spiro atoms. The SMILES string of the molecule is CC12CCC3C4CCC(=O)C=C4CCC3C1CCC2OC(OC(=O)c1ccco1)C(Cl)(Cl)Cl. The summed E-state index contributed by atoms with van der Waals surface area (Å²) in [6, 6.07) is 3.09. The molecule has 3 fully saturated rings. The summed E-state index contributed by atoms with van der Waals surface area (Å²) in [6.45, 7) is 2.28. The van der Waals surface area contributed by atoms with E-state index in [4.69, 9.17) is 48.7 Å². The Hall–Kier alpha value is -1.01. The minimum Gasteiger partial charge on any atom is -0.457 e. The van der Waals surface area contributed by atoms with E-state index in [1.54, 1.807) is 6.07 Å². The summed E-state index contributed by atoms with van der Waals surface area (Å²) < 4.78 is 14.9. The van der Waals surface area contributed by atoms with Crippen LogP contribution in [-0.2, 0) is 14.3 Å². The zero-order valence-electron chi connectivity index (χ0n) is 18.6. The normalized spacial score (nSPS) is 36.9. The number of rotatable bonds is 4. The molecule has 4 aliphatic carbocycles. The van der Waals surface area contributed by atoms with Gasteiger partial charge in [0.05, 0.1) is 12.4 Å². The number of alkyl halides is 3. The van der Waals surface area contributed by atoms with Gasteiger partial charge in [0.15, 0.2) is 5.78 Å². The highest BCUT2D eigenvalue weighted by atomic mass is 35.6. The lowest BCUT2D eigenvalue weighted by molar-refractivity contribution is -0.178. The molecule has 7 atom stereocenters. The topological polar surface area (TPSA) is 65.7 Å². The van der Waals surface area contributed by atoms with Crippen LogP contribution in [0.5, 0.6) is 0 Å². The fourth-order valence-corrected chi connectivity index (χ4v) is 7.52. The maximum absolute atomic E-state index is 12.4. The summed E-state index contributed by atoms with van der Waals surface area (Å²) in [5, 5.41) is 0. The molecule has 0 saturated heterocycles. The van der Waals surface area contributed by atoms with Gasteiger partial charge in [-0.3, -0.25) is 4.79 Å². The quantitative estimate of drug-likeness (QED) is 0.255. The smallest absolute Gasteiger partial charge is 0.376 e. The van der Waals surface area contributed by atoms with Crippen LogP contribution in [-0.4, -0.2) is 27.9 Å². The number of fused-ring (bicyclic) bond motifs is 5. The largest absolute Gasteiger partial charge is 0.457 e. The number of hydrogen-bond donors (Lipinski definition) is 0. The second-order valence-electron chi connectivity index (χ2n) is 10.3. The molecular weight excluding hydrogens is 487 g/mol. The Kier molecular flexibility index (Phi) is 6.39. The Balaban J connectivity index is 1.32. The Morgan fingerprint density at radius 3 is 2.70 bits per heavy atom. The average Bonchev–Trinajstić information content (AvgIpc) is 3.40. The van der Waals surface area contributed by atoms with E-state index in [1.165, 1.54) is 17.9 Å². The third-order valence-corrected chi connectivity index (χ3v) is 9.24. The monoisotopic (exact) mass is 514 g/mol. The highest BCUT2D eigenvalue weighted by Gasteiger charge is 2.58. The molecule has 0 bridgehead atoms. The summed E-state index contributed by atoms with van der Waals surface area (Å²) in [5.41, 5.74) is 1.31. The van der Waals surface area contributed by atoms with E-state index >= 15 is 0 Å². The van der Waals surface area contributed by atoms with E-state index < -0.39 is 16.1 Å². The van der Waals surface area contributed by atoms with Crippen LogP contribution in [0.2, 0.25) is 0 Å². The van der Waals surface area contributed by atoms with Crippen molar-refractivity contribution >= 4 is 46.6 Å². The van der Waals surface area contributed by atoms with Crippen LogP contribution >= 0.6 is 34.8 Å². The molecule has 0 N–H and O–H groups in total. The first-order valence-corrected chi connectivity index (χ1v) is 13.0. The second-order valence-corrected chi connectivity index (χ2v) is 12.7. The van der Waals surface area contributed by atoms with Crippen LogP contribution in [0.1, 0.15) is 68.8 Å². The van der Waals surface area contributed by atoms with Crippen molar-refractivity contribution in [1.82, 2.24) is 0 Å².